The Bertz CT molecular complexity index is 2730. The molecule has 0 unspecified atom stereocenters. The fourth-order valence-corrected chi connectivity index (χ4v) is 8.11. The number of rotatable bonds is 2. The van der Waals surface area contributed by atoms with Crippen LogP contribution in [0.2, 0.25) is 0 Å². The zero-order chi connectivity index (χ0) is 28.1. The summed E-state index contributed by atoms with van der Waals surface area (Å²) in [7, 11) is 0. The lowest BCUT2D eigenvalue weighted by Crippen LogP contribution is -2.03. The highest BCUT2D eigenvalue weighted by molar-refractivity contribution is 7.27. The van der Waals surface area contributed by atoms with Crippen molar-refractivity contribution < 1.29 is 4.42 Å². The normalized spacial score (nSPS) is 12.2. The number of thiophene rings is 1. The Morgan fingerprint density at radius 2 is 1.19 bits per heavy atom. The molecule has 4 aromatic heterocycles. The van der Waals surface area contributed by atoms with Crippen LogP contribution in [-0.2, 0) is 0 Å². The van der Waals surface area contributed by atoms with Crippen molar-refractivity contribution in [3.05, 3.63) is 127 Å². The molecule has 0 saturated heterocycles. The molecule has 0 bridgehead atoms. The van der Waals surface area contributed by atoms with Gasteiger partial charge < -0.3 is 4.42 Å². The van der Waals surface area contributed by atoms with Crippen LogP contribution >= 0.6 is 11.3 Å². The zero-order valence-electron chi connectivity index (χ0n) is 22.8. The van der Waals surface area contributed by atoms with E-state index in [4.69, 9.17) is 14.4 Å². The summed E-state index contributed by atoms with van der Waals surface area (Å²) in [4.78, 5) is 10.5. The molecule has 0 spiro atoms. The SMILES string of the molecule is c1ccc(-c2nc(-n3c4ccccc4c4c5ccccc5c5c6ccccc6sc5c43)nc3oc4ccccc4c23)cc1. The van der Waals surface area contributed by atoms with Crippen molar-refractivity contribution in [2.75, 3.05) is 0 Å². The van der Waals surface area contributed by atoms with Crippen LogP contribution in [0, 0.1) is 0 Å². The third kappa shape index (κ3) is 3.09. The van der Waals surface area contributed by atoms with Gasteiger partial charge in [0.1, 0.15) is 5.58 Å². The molecule has 0 aliphatic heterocycles. The van der Waals surface area contributed by atoms with Gasteiger partial charge in [0.25, 0.3) is 0 Å². The standard InChI is InChI=1S/C38H21N3OS/c1-2-12-22(13-3-1)34-33-26-17-7-10-20-29(26)42-37(33)40-38(39-34)41-28-19-9-6-16-25(28)31-23-14-4-5-15-24(23)32-27-18-8-11-21-30(27)43-36(32)35(31)41/h1-21H. The molecule has 0 radical (unpaired) electrons. The minimum atomic E-state index is 0.587. The minimum Gasteiger partial charge on any atom is -0.437 e. The molecule has 0 fully saturated rings. The predicted molar refractivity (Wildman–Crippen MR) is 179 cm³/mol. The van der Waals surface area contributed by atoms with Gasteiger partial charge in [0, 0.05) is 37.2 Å². The Morgan fingerprint density at radius 1 is 0.535 bits per heavy atom. The summed E-state index contributed by atoms with van der Waals surface area (Å²) in [6.45, 7) is 0. The van der Waals surface area contributed by atoms with Crippen LogP contribution in [0.5, 0.6) is 0 Å². The summed E-state index contributed by atoms with van der Waals surface area (Å²) < 4.78 is 11.2. The maximum atomic E-state index is 6.42. The molecule has 4 nitrogen and oxygen atoms in total. The minimum absolute atomic E-state index is 0.587. The van der Waals surface area contributed by atoms with E-state index in [0.717, 1.165) is 38.6 Å². The summed E-state index contributed by atoms with van der Waals surface area (Å²) in [6.07, 6.45) is 0. The van der Waals surface area contributed by atoms with E-state index in [2.05, 4.69) is 108 Å². The molecule has 4 heterocycles. The largest absolute Gasteiger partial charge is 0.437 e. The van der Waals surface area contributed by atoms with Gasteiger partial charge in [0.05, 0.1) is 26.8 Å². The van der Waals surface area contributed by atoms with Crippen molar-refractivity contribution in [2.24, 2.45) is 0 Å². The fourth-order valence-electron chi connectivity index (χ4n) is 6.85. The van der Waals surface area contributed by atoms with Gasteiger partial charge in [0.2, 0.25) is 11.7 Å². The molecule has 10 rings (SSSR count). The van der Waals surface area contributed by atoms with E-state index < -0.39 is 0 Å². The van der Waals surface area contributed by atoms with Crippen molar-refractivity contribution in [1.82, 2.24) is 14.5 Å². The van der Waals surface area contributed by atoms with Gasteiger partial charge >= 0.3 is 0 Å². The van der Waals surface area contributed by atoms with Gasteiger partial charge in [-0.3, -0.25) is 4.57 Å². The van der Waals surface area contributed by atoms with Crippen LogP contribution in [0.25, 0.3) is 92.0 Å². The van der Waals surface area contributed by atoms with Crippen LogP contribution in [0.3, 0.4) is 0 Å². The molecule has 10 aromatic rings. The van der Waals surface area contributed by atoms with Crippen molar-refractivity contribution >= 4 is 86.2 Å². The Kier molecular flexibility index (Phi) is 4.57. The second kappa shape index (κ2) is 8.51. The summed E-state index contributed by atoms with van der Waals surface area (Å²) in [5.41, 5.74) is 5.49. The maximum Gasteiger partial charge on any atom is 0.238 e. The summed E-state index contributed by atoms with van der Waals surface area (Å²) in [5.74, 6) is 0.602. The molecule has 6 aromatic carbocycles. The van der Waals surface area contributed by atoms with E-state index in [9.17, 15) is 0 Å². The van der Waals surface area contributed by atoms with Gasteiger partial charge in [-0.05, 0) is 29.0 Å². The van der Waals surface area contributed by atoms with Crippen molar-refractivity contribution in [1.29, 1.82) is 0 Å². The highest BCUT2D eigenvalue weighted by Gasteiger charge is 2.24. The van der Waals surface area contributed by atoms with E-state index >= 15 is 0 Å². The average molecular weight is 568 g/mol. The van der Waals surface area contributed by atoms with E-state index in [-0.39, 0.29) is 0 Å². The number of benzene rings is 6. The molecule has 0 atom stereocenters. The number of hydrogen-bond donors (Lipinski definition) is 0. The van der Waals surface area contributed by atoms with Gasteiger partial charge in [0.15, 0.2) is 0 Å². The second-order valence-electron chi connectivity index (χ2n) is 10.9. The van der Waals surface area contributed by atoms with Crippen molar-refractivity contribution in [2.45, 2.75) is 0 Å². The topological polar surface area (TPSA) is 43.9 Å². The first kappa shape index (κ1) is 23.1. The smallest absolute Gasteiger partial charge is 0.238 e. The first-order valence-electron chi connectivity index (χ1n) is 14.4. The highest BCUT2D eigenvalue weighted by atomic mass is 32.1. The van der Waals surface area contributed by atoms with Gasteiger partial charge in [-0.2, -0.15) is 4.98 Å². The molecule has 0 saturated carbocycles. The Balaban J connectivity index is 1.45. The third-order valence-electron chi connectivity index (χ3n) is 8.63. The summed E-state index contributed by atoms with van der Waals surface area (Å²) in [6, 6.07) is 44.6. The number of para-hydroxylation sites is 2. The number of furan rings is 1. The number of aromatic nitrogens is 3. The molecule has 43 heavy (non-hydrogen) atoms. The average Bonchev–Trinajstić information content (AvgIpc) is 3.74. The molecule has 200 valence electrons. The van der Waals surface area contributed by atoms with E-state index in [1.807, 2.05) is 35.6 Å². The van der Waals surface area contributed by atoms with E-state index in [1.54, 1.807) is 0 Å². The lowest BCUT2D eigenvalue weighted by Gasteiger charge is -2.11. The molecule has 0 aliphatic carbocycles. The molecular weight excluding hydrogens is 547 g/mol. The molecule has 0 amide bonds. The van der Waals surface area contributed by atoms with Crippen LogP contribution in [0.15, 0.2) is 132 Å². The number of hydrogen-bond acceptors (Lipinski definition) is 4. The molecule has 5 heteroatoms. The van der Waals surface area contributed by atoms with Gasteiger partial charge in [-0.1, -0.05) is 109 Å². The summed E-state index contributed by atoms with van der Waals surface area (Å²) in [5, 5.41) is 9.41. The molecule has 0 N–H and O–H groups in total. The lowest BCUT2D eigenvalue weighted by atomic mass is 9.99. The van der Waals surface area contributed by atoms with Crippen LogP contribution in [0.1, 0.15) is 0 Å². The Hall–Kier alpha value is -5.52. The quantitative estimate of drug-likeness (QED) is 0.209. The molecule has 0 aliphatic rings. The van der Waals surface area contributed by atoms with Crippen molar-refractivity contribution in [3.8, 4) is 17.2 Å². The fraction of sp³-hybridized carbons (Fsp3) is 0. The monoisotopic (exact) mass is 567 g/mol. The van der Waals surface area contributed by atoms with Gasteiger partial charge in [-0.25, -0.2) is 4.98 Å². The van der Waals surface area contributed by atoms with Crippen molar-refractivity contribution in [3.63, 3.8) is 0 Å². The first-order chi connectivity index (χ1) is 21.3. The molecular formula is C38H21N3OS. The highest BCUT2D eigenvalue weighted by Crippen LogP contribution is 2.48. The zero-order valence-corrected chi connectivity index (χ0v) is 23.6. The van der Waals surface area contributed by atoms with Crippen LogP contribution in [0.4, 0.5) is 0 Å². The van der Waals surface area contributed by atoms with Crippen LogP contribution < -0.4 is 0 Å². The van der Waals surface area contributed by atoms with E-state index in [1.165, 1.54) is 41.7 Å². The van der Waals surface area contributed by atoms with Gasteiger partial charge in [-0.15, -0.1) is 11.3 Å². The number of nitrogens with zero attached hydrogens (tertiary/aromatic N) is 3. The van der Waals surface area contributed by atoms with Crippen LogP contribution in [-0.4, -0.2) is 14.5 Å². The Labute approximate surface area is 249 Å². The second-order valence-corrected chi connectivity index (χ2v) is 12.0. The maximum absolute atomic E-state index is 6.42. The number of fused-ring (bicyclic) bond motifs is 13. The lowest BCUT2D eigenvalue weighted by molar-refractivity contribution is 0.651. The first-order valence-corrected chi connectivity index (χ1v) is 15.2. The Morgan fingerprint density at radius 3 is 2.02 bits per heavy atom. The predicted octanol–water partition coefficient (Wildman–Crippen LogP) is 10.7. The van der Waals surface area contributed by atoms with E-state index in [0.29, 0.717) is 11.7 Å². The third-order valence-corrected chi connectivity index (χ3v) is 9.80. The summed E-state index contributed by atoms with van der Waals surface area (Å²) >= 11 is 1.84.